The molecule has 0 radical (unpaired) electrons. The van der Waals surface area contributed by atoms with Gasteiger partial charge in [-0.25, -0.2) is 4.79 Å². The number of hydrogen-bond donors (Lipinski definition) is 1. The van der Waals surface area contributed by atoms with Crippen LogP contribution in [0.2, 0.25) is 10.0 Å². The number of amides is 2. The summed E-state index contributed by atoms with van der Waals surface area (Å²) in [7, 11) is 0. The second kappa shape index (κ2) is 19.3. The Morgan fingerprint density at radius 1 is 0.875 bits per heavy atom. The Hall–Kier alpha value is -1.15. The SMILES string of the molecule is CCN(CC)C(=O)Cl.CCN(CC)C(=O)Oc1cccc(Cl)c1.Oc1cccc(Cl)c1.[H-].[Na+]. The number of aromatic hydroxyl groups is 1. The molecule has 0 bridgehead atoms. The summed E-state index contributed by atoms with van der Waals surface area (Å²) in [6.07, 6.45) is -0.345. The van der Waals surface area contributed by atoms with Crippen molar-refractivity contribution in [3.8, 4) is 11.5 Å². The third-order valence-electron chi connectivity index (χ3n) is 3.84. The normalized spacial score (nSPS) is 9.09. The second-order valence-electron chi connectivity index (χ2n) is 5.90. The summed E-state index contributed by atoms with van der Waals surface area (Å²) in [6.45, 7) is 10.3. The third kappa shape index (κ3) is 14.8. The smallest absolute Gasteiger partial charge is 1.00 e. The average molecular weight is 516 g/mol. The number of carbonyl (C=O) groups excluding carboxylic acids is 2. The summed E-state index contributed by atoms with van der Waals surface area (Å²) >= 11 is 16.4. The maximum Gasteiger partial charge on any atom is 1.00 e. The first-order valence-electron chi connectivity index (χ1n) is 9.79. The van der Waals surface area contributed by atoms with Crippen LogP contribution in [0.25, 0.3) is 0 Å². The van der Waals surface area contributed by atoms with Gasteiger partial charge in [0.25, 0.3) is 0 Å². The van der Waals surface area contributed by atoms with Gasteiger partial charge in [-0.05, 0) is 75.7 Å². The van der Waals surface area contributed by atoms with Gasteiger partial charge >= 0.3 is 41.0 Å². The van der Waals surface area contributed by atoms with E-state index in [2.05, 4.69) is 0 Å². The number of hydrogen-bond acceptors (Lipinski definition) is 4. The van der Waals surface area contributed by atoms with Gasteiger partial charge in [-0.15, -0.1) is 0 Å². The van der Waals surface area contributed by atoms with Crippen molar-refractivity contribution in [1.29, 1.82) is 0 Å². The molecule has 2 amide bonds. The maximum atomic E-state index is 11.5. The molecule has 0 aromatic heterocycles. The van der Waals surface area contributed by atoms with E-state index in [1.165, 1.54) is 6.07 Å². The van der Waals surface area contributed by atoms with Crippen molar-refractivity contribution in [3.63, 3.8) is 0 Å². The topological polar surface area (TPSA) is 70.1 Å². The van der Waals surface area contributed by atoms with Crippen LogP contribution in [-0.4, -0.2) is 52.5 Å². The number of halogens is 3. The van der Waals surface area contributed by atoms with Gasteiger partial charge in [-0.2, -0.15) is 0 Å². The molecule has 0 aliphatic rings. The van der Waals surface area contributed by atoms with Crippen LogP contribution < -0.4 is 34.3 Å². The van der Waals surface area contributed by atoms with Crippen molar-refractivity contribution in [1.82, 2.24) is 9.80 Å². The molecule has 174 valence electrons. The van der Waals surface area contributed by atoms with Gasteiger partial charge < -0.3 is 21.1 Å². The Morgan fingerprint density at radius 2 is 1.34 bits per heavy atom. The van der Waals surface area contributed by atoms with Crippen molar-refractivity contribution in [3.05, 3.63) is 58.6 Å². The predicted octanol–water partition coefficient (Wildman–Crippen LogP) is 4.03. The molecule has 32 heavy (non-hydrogen) atoms. The molecule has 0 heterocycles. The minimum absolute atomic E-state index is 0. The fraction of sp³-hybridized carbons (Fsp3) is 0.364. The van der Waals surface area contributed by atoms with Gasteiger partial charge in [0.05, 0.1) is 0 Å². The van der Waals surface area contributed by atoms with Gasteiger partial charge in [-0.1, -0.05) is 35.3 Å². The summed E-state index contributed by atoms with van der Waals surface area (Å²) in [5.74, 6) is 0.678. The first-order valence-corrected chi connectivity index (χ1v) is 10.9. The zero-order valence-corrected chi connectivity index (χ0v) is 23.4. The van der Waals surface area contributed by atoms with Crippen molar-refractivity contribution in [2.24, 2.45) is 0 Å². The van der Waals surface area contributed by atoms with Crippen molar-refractivity contribution >= 4 is 46.3 Å². The standard InChI is InChI=1S/C11H14ClNO2.C6H5ClO.C5H10ClNO.Na.H/c1-3-13(4-2)11(14)15-10-7-5-6-9(12)8-10;7-5-2-1-3-6(8)4-5;1-3-7(4-2)5(6)8;;/h5-8H,3-4H2,1-2H3;1-4,8H;3-4H2,1-2H3;;/q;;;+1;-1. The van der Waals surface area contributed by atoms with Crippen LogP contribution in [0.15, 0.2) is 48.5 Å². The average Bonchev–Trinajstić information content (AvgIpc) is 2.70. The summed E-state index contributed by atoms with van der Waals surface area (Å²) in [5.41, 5.74) is 0. The molecule has 0 spiro atoms. The van der Waals surface area contributed by atoms with Gasteiger partial charge in [0.1, 0.15) is 11.5 Å². The Labute approximate surface area is 229 Å². The number of nitrogens with zero attached hydrogens (tertiary/aromatic N) is 2. The third-order valence-corrected chi connectivity index (χ3v) is 4.55. The van der Waals surface area contributed by atoms with Crippen molar-refractivity contribution < 1.29 is 50.4 Å². The van der Waals surface area contributed by atoms with Crippen LogP contribution in [-0.2, 0) is 0 Å². The first-order chi connectivity index (χ1) is 14.7. The monoisotopic (exact) mass is 514 g/mol. The maximum absolute atomic E-state index is 11.5. The zero-order chi connectivity index (χ0) is 23.8. The molecule has 2 rings (SSSR count). The summed E-state index contributed by atoms with van der Waals surface area (Å²) in [5, 5.41) is 9.48. The molecule has 1 N–H and O–H groups in total. The molecule has 0 saturated heterocycles. The number of benzene rings is 2. The van der Waals surface area contributed by atoms with E-state index in [1.807, 2.05) is 27.7 Å². The number of phenolic OH excluding ortho intramolecular Hbond substituents is 1. The fourth-order valence-corrected chi connectivity index (χ4v) is 2.73. The number of ether oxygens (including phenoxy) is 1. The fourth-order valence-electron chi connectivity index (χ4n) is 2.13. The number of carbonyl (C=O) groups is 2. The quantitative estimate of drug-likeness (QED) is 0.371. The first kappa shape index (κ1) is 33.0. The van der Waals surface area contributed by atoms with Gasteiger partial charge in [0, 0.05) is 36.2 Å². The van der Waals surface area contributed by atoms with E-state index >= 15 is 0 Å². The van der Waals surface area contributed by atoms with E-state index in [0.29, 0.717) is 42.0 Å². The molecule has 0 aliphatic heterocycles. The van der Waals surface area contributed by atoms with Gasteiger partial charge in [-0.3, -0.25) is 4.79 Å². The van der Waals surface area contributed by atoms with Gasteiger partial charge in [0.15, 0.2) is 0 Å². The van der Waals surface area contributed by atoms with Crippen LogP contribution in [0.1, 0.15) is 29.1 Å². The number of rotatable bonds is 5. The zero-order valence-electron chi connectivity index (χ0n) is 20.1. The Bertz CT molecular complexity index is 793. The molecular weight excluding hydrogens is 486 g/mol. The molecule has 0 atom stereocenters. The summed E-state index contributed by atoms with van der Waals surface area (Å²) in [6, 6.07) is 13.3. The van der Waals surface area contributed by atoms with Crippen LogP contribution in [0.3, 0.4) is 0 Å². The summed E-state index contributed by atoms with van der Waals surface area (Å²) < 4.78 is 5.14. The Balaban J connectivity index is -0.000000430. The molecule has 0 saturated carbocycles. The van der Waals surface area contributed by atoms with E-state index in [4.69, 9.17) is 44.6 Å². The molecule has 2 aromatic carbocycles. The van der Waals surface area contributed by atoms with Gasteiger partial charge in [0.2, 0.25) is 0 Å². The Morgan fingerprint density at radius 3 is 1.66 bits per heavy atom. The molecule has 6 nitrogen and oxygen atoms in total. The molecule has 10 heteroatoms. The molecular formula is C22H30Cl3N2NaO4. The minimum Gasteiger partial charge on any atom is -1.00 e. The van der Waals surface area contributed by atoms with E-state index < -0.39 is 0 Å². The van der Waals surface area contributed by atoms with E-state index in [9.17, 15) is 9.59 Å². The van der Waals surface area contributed by atoms with E-state index in [1.54, 1.807) is 52.3 Å². The largest absolute Gasteiger partial charge is 1.00 e. The van der Waals surface area contributed by atoms with Crippen LogP contribution in [0.4, 0.5) is 9.59 Å². The second-order valence-corrected chi connectivity index (χ2v) is 7.10. The molecule has 0 aliphatic carbocycles. The van der Waals surface area contributed by atoms with Crippen molar-refractivity contribution in [2.75, 3.05) is 26.2 Å². The van der Waals surface area contributed by atoms with Crippen LogP contribution in [0, 0.1) is 0 Å². The Kier molecular flexibility index (Phi) is 20.0. The minimum atomic E-state index is -0.366. The molecule has 2 aromatic rings. The van der Waals surface area contributed by atoms with Crippen LogP contribution in [0.5, 0.6) is 11.5 Å². The van der Waals surface area contributed by atoms with Crippen molar-refractivity contribution in [2.45, 2.75) is 27.7 Å². The van der Waals surface area contributed by atoms with E-state index in [0.717, 1.165) is 0 Å². The van der Waals surface area contributed by atoms with Crippen LogP contribution >= 0.6 is 34.8 Å². The van der Waals surface area contributed by atoms with E-state index in [-0.39, 0.29) is 48.2 Å². The predicted molar refractivity (Wildman–Crippen MR) is 129 cm³/mol. The summed E-state index contributed by atoms with van der Waals surface area (Å²) in [4.78, 5) is 25.0. The molecule has 0 unspecified atom stereocenters. The number of phenols is 1. The molecule has 0 fully saturated rings.